The third-order valence-electron chi connectivity index (χ3n) is 3.34. The SMILES string of the molecule is Cc1cc(-c2cc(F)c(F)cc2F)ncc1-c1ccccn1. The van der Waals surface area contributed by atoms with Gasteiger partial charge in [0.2, 0.25) is 0 Å². The lowest BCUT2D eigenvalue weighted by Gasteiger charge is -2.08. The van der Waals surface area contributed by atoms with Gasteiger partial charge in [0.05, 0.1) is 11.4 Å². The van der Waals surface area contributed by atoms with Crippen LogP contribution in [0.25, 0.3) is 22.5 Å². The summed E-state index contributed by atoms with van der Waals surface area (Å²) >= 11 is 0. The lowest BCUT2D eigenvalue weighted by molar-refractivity contribution is 0.496. The number of halogens is 3. The maximum absolute atomic E-state index is 13.8. The topological polar surface area (TPSA) is 25.8 Å². The molecule has 0 atom stereocenters. The van der Waals surface area contributed by atoms with Crippen molar-refractivity contribution < 1.29 is 13.2 Å². The highest BCUT2D eigenvalue weighted by atomic mass is 19.2. The van der Waals surface area contributed by atoms with Crippen molar-refractivity contribution in [3.05, 3.63) is 71.8 Å². The van der Waals surface area contributed by atoms with E-state index in [-0.39, 0.29) is 11.3 Å². The average Bonchev–Trinajstić information content (AvgIpc) is 2.51. The number of nitrogens with zero attached hydrogens (tertiary/aromatic N) is 2. The summed E-state index contributed by atoms with van der Waals surface area (Å²) in [6.45, 7) is 1.83. The monoisotopic (exact) mass is 300 g/mol. The van der Waals surface area contributed by atoms with Gasteiger partial charge in [-0.3, -0.25) is 9.97 Å². The highest BCUT2D eigenvalue weighted by Crippen LogP contribution is 2.28. The van der Waals surface area contributed by atoms with E-state index in [0.717, 1.165) is 22.9 Å². The van der Waals surface area contributed by atoms with Crippen LogP contribution in [0.15, 0.2) is 48.8 Å². The summed E-state index contributed by atoms with van der Waals surface area (Å²) in [6.07, 6.45) is 3.21. The predicted molar refractivity (Wildman–Crippen MR) is 77.5 cm³/mol. The molecule has 0 saturated carbocycles. The summed E-state index contributed by atoms with van der Waals surface area (Å²) in [5, 5.41) is 0. The van der Waals surface area contributed by atoms with Crippen molar-refractivity contribution in [2.75, 3.05) is 0 Å². The third-order valence-corrected chi connectivity index (χ3v) is 3.34. The second kappa shape index (κ2) is 5.60. The van der Waals surface area contributed by atoms with Crippen molar-refractivity contribution in [1.29, 1.82) is 0 Å². The van der Waals surface area contributed by atoms with Gasteiger partial charge in [-0.15, -0.1) is 0 Å². The molecule has 0 bridgehead atoms. The zero-order chi connectivity index (χ0) is 15.7. The summed E-state index contributed by atoms with van der Waals surface area (Å²) in [5.41, 5.74) is 2.52. The van der Waals surface area contributed by atoms with Crippen LogP contribution in [0, 0.1) is 24.4 Å². The largest absolute Gasteiger partial charge is 0.256 e. The van der Waals surface area contributed by atoms with Crippen molar-refractivity contribution in [3.8, 4) is 22.5 Å². The summed E-state index contributed by atoms with van der Waals surface area (Å²) in [4.78, 5) is 8.38. The highest BCUT2D eigenvalue weighted by Gasteiger charge is 2.14. The van der Waals surface area contributed by atoms with E-state index in [1.165, 1.54) is 0 Å². The van der Waals surface area contributed by atoms with Crippen LogP contribution in [0.3, 0.4) is 0 Å². The standard InChI is InChI=1S/C17H11F3N2/c1-10-6-17(11-7-14(19)15(20)8-13(11)18)22-9-12(10)16-4-2-3-5-21-16/h2-9H,1H3. The lowest BCUT2D eigenvalue weighted by Crippen LogP contribution is -1.95. The first-order valence-corrected chi connectivity index (χ1v) is 6.59. The summed E-state index contributed by atoms with van der Waals surface area (Å²) < 4.78 is 40.1. The Morgan fingerprint density at radius 2 is 1.55 bits per heavy atom. The number of aromatic nitrogens is 2. The minimum Gasteiger partial charge on any atom is -0.256 e. The van der Waals surface area contributed by atoms with E-state index in [0.29, 0.717) is 6.07 Å². The minimum atomic E-state index is -1.22. The number of hydrogen-bond donors (Lipinski definition) is 0. The minimum absolute atomic E-state index is 0.0745. The number of hydrogen-bond acceptors (Lipinski definition) is 2. The molecule has 0 radical (unpaired) electrons. The molecule has 0 aliphatic rings. The van der Waals surface area contributed by atoms with E-state index in [1.807, 2.05) is 19.1 Å². The fraction of sp³-hybridized carbons (Fsp3) is 0.0588. The van der Waals surface area contributed by atoms with E-state index >= 15 is 0 Å². The van der Waals surface area contributed by atoms with Crippen LogP contribution in [0.5, 0.6) is 0 Å². The number of rotatable bonds is 2. The molecule has 3 rings (SSSR count). The molecule has 0 fully saturated rings. The van der Waals surface area contributed by atoms with Crippen LogP contribution in [0.2, 0.25) is 0 Å². The Kier molecular flexibility index (Phi) is 3.63. The quantitative estimate of drug-likeness (QED) is 0.649. The van der Waals surface area contributed by atoms with Gasteiger partial charge in [0.25, 0.3) is 0 Å². The molecule has 2 heterocycles. The Morgan fingerprint density at radius 3 is 2.23 bits per heavy atom. The molecule has 3 aromatic rings. The summed E-state index contributed by atoms with van der Waals surface area (Å²) in [7, 11) is 0. The number of benzene rings is 1. The van der Waals surface area contributed by atoms with Gasteiger partial charge >= 0.3 is 0 Å². The predicted octanol–water partition coefficient (Wildman–Crippen LogP) is 4.54. The molecule has 0 N–H and O–H groups in total. The Labute approximate surface area is 125 Å². The van der Waals surface area contributed by atoms with Crippen molar-refractivity contribution in [1.82, 2.24) is 9.97 Å². The van der Waals surface area contributed by atoms with Crippen LogP contribution in [0.4, 0.5) is 13.2 Å². The first kappa shape index (κ1) is 14.3. The fourth-order valence-electron chi connectivity index (χ4n) is 2.21. The lowest BCUT2D eigenvalue weighted by atomic mass is 10.0. The molecular weight excluding hydrogens is 289 g/mol. The maximum atomic E-state index is 13.8. The van der Waals surface area contributed by atoms with Gasteiger partial charge in [0.1, 0.15) is 5.82 Å². The normalized spacial score (nSPS) is 10.7. The molecule has 0 aliphatic carbocycles. The molecule has 22 heavy (non-hydrogen) atoms. The molecule has 5 heteroatoms. The first-order valence-electron chi connectivity index (χ1n) is 6.59. The van der Waals surface area contributed by atoms with Gasteiger partial charge in [-0.05, 0) is 36.8 Å². The number of aryl methyl sites for hydroxylation is 1. The Morgan fingerprint density at radius 1 is 0.773 bits per heavy atom. The Hall–Kier alpha value is -2.69. The third kappa shape index (κ3) is 2.57. The molecular formula is C17H11F3N2. The van der Waals surface area contributed by atoms with Gasteiger partial charge in [-0.1, -0.05) is 6.07 Å². The Bertz CT molecular complexity index is 833. The van der Waals surface area contributed by atoms with Crippen molar-refractivity contribution in [2.45, 2.75) is 6.92 Å². The van der Waals surface area contributed by atoms with E-state index in [4.69, 9.17) is 0 Å². The Balaban J connectivity index is 2.08. The first-order chi connectivity index (χ1) is 10.6. The van der Waals surface area contributed by atoms with Crippen LogP contribution < -0.4 is 0 Å². The van der Waals surface area contributed by atoms with Crippen molar-refractivity contribution in [3.63, 3.8) is 0 Å². The number of pyridine rings is 2. The van der Waals surface area contributed by atoms with Gasteiger partial charge in [0, 0.05) is 29.6 Å². The molecule has 0 amide bonds. The van der Waals surface area contributed by atoms with Crippen molar-refractivity contribution >= 4 is 0 Å². The second-order valence-corrected chi connectivity index (χ2v) is 4.85. The van der Waals surface area contributed by atoms with Gasteiger partial charge in [0.15, 0.2) is 11.6 Å². The molecule has 0 spiro atoms. The van der Waals surface area contributed by atoms with Crippen LogP contribution in [0.1, 0.15) is 5.56 Å². The highest BCUT2D eigenvalue weighted by molar-refractivity contribution is 5.68. The molecule has 2 nitrogen and oxygen atoms in total. The van der Waals surface area contributed by atoms with E-state index in [9.17, 15) is 13.2 Å². The van der Waals surface area contributed by atoms with Crippen molar-refractivity contribution in [2.24, 2.45) is 0 Å². The molecule has 1 aromatic carbocycles. The van der Waals surface area contributed by atoms with Gasteiger partial charge in [-0.25, -0.2) is 13.2 Å². The van der Waals surface area contributed by atoms with Gasteiger partial charge in [-0.2, -0.15) is 0 Å². The van der Waals surface area contributed by atoms with Gasteiger partial charge < -0.3 is 0 Å². The van der Waals surface area contributed by atoms with Crippen LogP contribution >= 0.6 is 0 Å². The maximum Gasteiger partial charge on any atom is 0.161 e. The molecule has 0 saturated heterocycles. The van der Waals surface area contributed by atoms with E-state index < -0.39 is 17.5 Å². The summed E-state index contributed by atoms with van der Waals surface area (Å²) in [6, 6.07) is 8.45. The molecule has 2 aromatic heterocycles. The van der Waals surface area contributed by atoms with Crippen LogP contribution in [-0.2, 0) is 0 Å². The molecule has 0 unspecified atom stereocenters. The van der Waals surface area contributed by atoms with E-state index in [2.05, 4.69) is 9.97 Å². The van der Waals surface area contributed by atoms with E-state index in [1.54, 1.807) is 24.5 Å². The molecule has 0 aliphatic heterocycles. The smallest absolute Gasteiger partial charge is 0.161 e. The van der Waals surface area contributed by atoms with Crippen LogP contribution in [-0.4, -0.2) is 9.97 Å². The fourth-order valence-corrected chi connectivity index (χ4v) is 2.21. The average molecular weight is 300 g/mol. The zero-order valence-corrected chi connectivity index (χ0v) is 11.6. The summed E-state index contributed by atoms with van der Waals surface area (Å²) in [5.74, 6) is -3.18. The zero-order valence-electron chi connectivity index (χ0n) is 11.6. The molecule has 110 valence electrons. The second-order valence-electron chi connectivity index (χ2n) is 4.85.